The molecule has 138 valence electrons. The van der Waals surface area contributed by atoms with Gasteiger partial charge in [-0.15, -0.1) is 0 Å². The molecule has 0 aromatic heterocycles. The number of carbonyl (C=O) groups is 1. The molecule has 6 nitrogen and oxygen atoms in total. The number of hydrogen-bond donors (Lipinski definition) is 1. The van der Waals surface area contributed by atoms with E-state index in [9.17, 15) is 13.2 Å². The molecule has 0 atom stereocenters. The molecule has 0 radical (unpaired) electrons. The molecule has 0 saturated carbocycles. The van der Waals surface area contributed by atoms with Crippen LogP contribution in [0.3, 0.4) is 0 Å². The normalized spacial score (nSPS) is 14.5. The van der Waals surface area contributed by atoms with E-state index >= 15 is 0 Å². The van der Waals surface area contributed by atoms with E-state index in [2.05, 4.69) is 24.4 Å². The number of rotatable bonds is 7. The van der Waals surface area contributed by atoms with Crippen LogP contribution in [0.1, 0.15) is 39.5 Å². The van der Waals surface area contributed by atoms with Crippen LogP contribution in [0.5, 0.6) is 0 Å². The minimum absolute atomic E-state index is 0.250. The third kappa shape index (κ3) is 3.31. The lowest BCUT2D eigenvalue weighted by Crippen LogP contribution is -2.37. The fourth-order valence-electron chi connectivity index (χ4n) is 3.25. The molecule has 0 bridgehead atoms. The van der Waals surface area contributed by atoms with Crippen LogP contribution < -0.4 is 9.73 Å². The highest BCUT2D eigenvalue weighted by atomic mass is 32.2. The first-order valence-corrected chi connectivity index (χ1v) is 10.3. The maximum Gasteiger partial charge on any atom is 0.265 e. The lowest BCUT2D eigenvalue weighted by Gasteiger charge is -2.17. The fourth-order valence-corrected chi connectivity index (χ4v) is 4.92. The maximum atomic E-state index is 12.9. The van der Waals surface area contributed by atoms with E-state index in [-0.39, 0.29) is 11.4 Å². The highest BCUT2D eigenvalue weighted by Crippen LogP contribution is 2.41. The molecule has 3 rings (SSSR count). The summed E-state index contributed by atoms with van der Waals surface area (Å²) in [6.45, 7) is 3.83. The van der Waals surface area contributed by atoms with Crippen molar-refractivity contribution >= 4 is 38.1 Å². The summed E-state index contributed by atoms with van der Waals surface area (Å²) in [6.07, 6.45) is 3.54. The molecule has 0 aliphatic carbocycles. The Morgan fingerprint density at radius 2 is 1.73 bits per heavy atom. The van der Waals surface area contributed by atoms with Crippen LogP contribution in [-0.2, 0) is 14.8 Å². The molecular weight excluding hydrogens is 350 g/mol. The van der Waals surface area contributed by atoms with Gasteiger partial charge in [0.2, 0.25) is 0 Å². The molecule has 2 aromatic rings. The SMILES string of the molecule is CCCC(CCC)=NNC(=O)CN1c2cccc3cccc(c23)S1(=O)=O. The zero-order valence-electron chi connectivity index (χ0n) is 15.0. The summed E-state index contributed by atoms with van der Waals surface area (Å²) in [5.41, 5.74) is 3.99. The largest absolute Gasteiger partial charge is 0.271 e. The van der Waals surface area contributed by atoms with Gasteiger partial charge < -0.3 is 0 Å². The number of nitrogens with one attached hydrogen (secondary N) is 1. The fraction of sp³-hybridized carbons (Fsp3) is 0.368. The zero-order valence-corrected chi connectivity index (χ0v) is 15.8. The molecule has 2 aromatic carbocycles. The first-order chi connectivity index (χ1) is 12.5. The molecule has 0 spiro atoms. The molecule has 1 aliphatic heterocycles. The van der Waals surface area contributed by atoms with Crippen LogP contribution in [0, 0.1) is 0 Å². The molecular formula is C19H23N3O3S. The van der Waals surface area contributed by atoms with Gasteiger partial charge in [0, 0.05) is 11.1 Å². The van der Waals surface area contributed by atoms with Gasteiger partial charge in [-0.25, -0.2) is 13.8 Å². The van der Waals surface area contributed by atoms with Crippen LogP contribution in [-0.4, -0.2) is 26.6 Å². The summed E-state index contributed by atoms with van der Waals surface area (Å²) in [5, 5.41) is 5.70. The predicted octanol–water partition coefficient (Wildman–Crippen LogP) is 3.42. The summed E-state index contributed by atoms with van der Waals surface area (Å²) in [5.74, 6) is -0.442. The van der Waals surface area contributed by atoms with Crippen molar-refractivity contribution in [2.75, 3.05) is 10.8 Å². The second-order valence-corrected chi connectivity index (χ2v) is 8.19. The Balaban J connectivity index is 1.84. The average Bonchev–Trinajstić information content (AvgIpc) is 2.84. The van der Waals surface area contributed by atoms with E-state index in [1.54, 1.807) is 24.3 Å². The number of amides is 1. The van der Waals surface area contributed by atoms with Gasteiger partial charge in [0.05, 0.1) is 10.6 Å². The third-order valence-electron chi connectivity index (χ3n) is 4.38. The number of sulfonamides is 1. The second-order valence-electron chi connectivity index (χ2n) is 6.36. The number of benzene rings is 2. The quantitative estimate of drug-likeness (QED) is 0.597. The summed E-state index contributed by atoms with van der Waals surface area (Å²) in [7, 11) is -3.73. The third-order valence-corrected chi connectivity index (χ3v) is 6.19. The summed E-state index contributed by atoms with van der Waals surface area (Å²) in [4.78, 5) is 12.6. The lowest BCUT2D eigenvalue weighted by molar-refractivity contribution is -0.119. The first-order valence-electron chi connectivity index (χ1n) is 8.87. The van der Waals surface area contributed by atoms with Crippen LogP contribution in [0.4, 0.5) is 5.69 Å². The highest BCUT2D eigenvalue weighted by Gasteiger charge is 2.36. The molecule has 0 saturated heterocycles. The Hall–Kier alpha value is -2.41. The molecule has 26 heavy (non-hydrogen) atoms. The van der Waals surface area contributed by atoms with Crippen molar-refractivity contribution in [3.05, 3.63) is 36.4 Å². The van der Waals surface area contributed by atoms with Crippen molar-refractivity contribution in [2.45, 2.75) is 44.4 Å². The van der Waals surface area contributed by atoms with Gasteiger partial charge in [0.15, 0.2) is 0 Å². The lowest BCUT2D eigenvalue weighted by atomic mass is 10.1. The van der Waals surface area contributed by atoms with Crippen LogP contribution in [0.25, 0.3) is 10.8 Å². The van der Waals surface area contributed by atoms with E-state index in [1.807, 2.05) is 12.1 Å². The van der Waals surface area contributed by atoms with Crippen molar-refractivity contribution in [3.63, 3.8) is 0 Å². The van der Waals surface area contributed by atoms with Crippen molar-refractivity contribution in [2.24, 2.45) is 5.10 Å². The maximum absolute atomic E-state index is 12.9. The minimum Gasteiger partial charge on any atom is -0.271 e. The number of nitrogens with zero attached hydrogens (tertiary/aromatic N) is 2. The van der Waals surface area contributed by atoms with Gasteiger partial charge in [-0.2, -0.15) is 5.10 Å². The summed E-state index contributed by atoms with van der Waals surface area (Å²) >= 11 is 0. The predicted molar refractivity (Wildman–Crippen MR) is 104 cm³/mol. The Kier molecular flexibility index (Phi) is 5.27. The molecule has 1 amide bonds. The zero-order chi connectivity index (χ0) is 18.7. The van der Waals surface area contributed by atoms with E-state index in [1.165, 1.54) is 0 Å². The summed E-state index contributed by atoms with van der Waals surface area (Å²) in [6, 6.07) is 10.6. The van der Waals surface area contributed by atoms with E-state index < -0.39 is 15.9 Å². The minimum atomic E-state index is -3.73. The van der Waals surface area contributed by atoms with Crippen molar-refractivity contribution in [3.8, 4) is 0 Å². The van der Waals surface area contributed by atoms with Gasteiger partial charge in [-0.1, -0.05) is 51.0 Å². The average molecular weight is 373 g/mol. The second kappa shape index (κ2) is 7.45. The molecule has 0 fully saturated rings. The van der Waals surface area contributed by atoms with Crippen LogP contribution >= 0.6 is 0 Å². The Morgan fingerprint density at radius 1 is 1.08 bits per heavy atom. The summed E-state index contributed by atoms with van der Waals surface area (Å²) < 4.78 is 26.9. The monoisotopic (exact) mass is 373 g/mol. The molecule has 1 N–H and O–H groups in total. The van der Waals surface area contributed by atoms with Crippen molar-refractivity contribution in [1.82, 2.24) is 5.43 Å². The Bertz CT molecular complexity index is 954. The van der Waals surface area contributed by atoms with Crippen LogP contribution in [0.15, 0.2) is 46.4 Å². The number of anilines is 1. The van der Waals surface area contributed by atoms with Gasteiger partial charge >= 0.3 is 0 Å². The molecule has 1 aliphatic rings. The molecule has 1 heterocycles. The van der Waals surface area contributed by atoms with E-state index in [4.69, 9.17) is 0 Å². The van der Waals surface area contributed by atoms with Crippen LogP contribution in [0.2, 0.25) is 0 Å². The molecule has 7 heteroatoms. The number of hydrogen-bond acceptors (Lipinski definition) is 4. The van der Waals surface area contributed by atoms with Crippen molar-refractivity contribution < 1.29 is 13.2 Å². The topological polar surface area (TPSA) is 78.8 Å². The Morgan fingerprint density at radius 3 is 2.38 bits per heavy atom. The standard InChI is InChI=1S/C19H23N3O3S/c1-3-7-15(8-4-2)20-21-18(23)13-22-16-11-5-9-14-10-6-12-17(19(14)16)26(22,24)25/h5-6,9-12H,3-4,7-8,13H2,1-2H3,(H,21,23). The Labute approximate surface area is 153 Å². The van der Waals surface area contributed by atoms with Gasteiger partial charge in [-0.3, -0.25) is 9.10 Å². The van der Waals surface area contributed by atoms with Crippen molar-refractivity contribution in [1.29, 1.82) is 0 Å². The van der Waals surface area contributed by atoms with E-state index in [0.29, 0.717) is 11.1 Å². The van der Waals surface area contributed by atoms with Gasteiger partial charge in [-0.05, 0) is 30.4 Å². The first kappa shape index (κ1) is 18.4. The highest BCUT2D eigenvalue weighted by molar-refractivity contribution is 7.93. The van der Waals surface area contributed by atoms with E-state index in [0.717, 1.165) is 41.1 Å². The smallest absolute Gasteiger partial charge is 0.265 e. The van der Waals surface area contributed by atoms with Gasteiger partial charge in [0.25, 0.3) is 15.9 Å². The number of hydrazone groups is 1. The van der Waals surface area contributed by atoms with Gasteiger partial charge in [0.1, 0.15) is 6.54 Å². The number of carbonyl (C=O) groups excluding carboxylic acids is 1. The molecule has 0 unspecified atom stereocenters.